The number of amides is 1. The Balaban J connectivity index is 1.88. The van der Waals surface area contributed by atoms with Gasteiger partial charge in [-0.05, 0) is 35.4 Å². The van der Waals surface area contributed by atoms with Crippen LogP contribution in [0, 0.1) is 17.1 Å². The number of halogens is 1. The number of aliphatic hydroxyl groups is 1. The molecule has 2 aromatic rings. The molecule has 26 heavy (non-hydrogen) atoms. The Bertz CT molecular complexity index is 921. The Labute approximate surface area is 150 Å². The first-order valence-corrected chi connectivity index (χ1v) is 9.51. The number of rotatable bonds is 7. The van der Waals surface area contributed by atoms with Gasteiger partial charge in [0, 0.05) is 6.54 Å². The van der Waals surface area contributed by atoms with Crippen molar-refractivity contribution in [2.24, 2.45) is 0 Å². The van der Waals surface area contributed by atoms with Crippen molar-refractivity contribution < 1.29 is 22.7 Å². The first kappa shape index (κ1) is 19.6. The van der Waals surface area contributed by atoms with E-state index in [0.717, 1.165) is 6.07 Å². The highest BCUT2D eigenvalue weighted by Crippen LogP contribution is 2.13. The van der Waals surface area contributed by atoms with Crippen LogP contribution < -0.4 is 5.32 Å². The molecule has 0 radical (unpaired) electrons. The molecular weight excluding hydrogens is 359 g/mol. The average Bonchev–Trinajstić information content (AvgIpc) is 2.59. The van der Waals surface area contributed by atoms with Crippen LogP contribution in [0.25, 0.3) is 0 Å². The zero-order valence-electron chi connectivity index (χ0n) is 13.7. The largest absolute Gasteiger partial charge is 0.387 e. The van der Waals surface area contributed by atoms with E-state index < -0.39 is 33.4 Å². The number of sulfone groups is 1. The molecule has 2 aromatic carbocycles. The van der Waals surface area contributed by atoms with Gasteiger partial charge in [-0.3, -0.25) is 4.79 Å². The first-order chi connectivity index (χ1) is 12.3. The minimum Gasteiger partial charge on any atom is -0.387 e. The van der Waals surface area contributed by atoms with Crippen molar-refractivity contribution in [1.82, 2.24) is 5.32 Å². The summed E-state index contributed by atoms with van der Waals surface area (Å²) in [5.74, 6) is -2.34. The van der Waals surface area contributed by atoms with Crippen molar-refractivity contribution in [1.29, 1.82) is 5.26 Å². The lowest BCUT2D eigenvalue weighted by Crippen LogP contribution is -2.33. The van der Waals surface area contributed by atoms with E-state index in [4.69, 9.17) is 5.26 Å². The van der Waals surface area contributed by atoms with Gasteiger partial charge in [0.15, 0.2) is 9.84 Å². The van der Waals surface area contributed by atoms with Crippen LogP contribution in [0.1, 0.15) is 22.8 Å². The Morgan fingerprint density at radius 3 is 2.54 bits per heavy atom. The lowest BCUT2D eigenvalue weighted by molar-refractivity contribution is -0.119. The van der Waals surface area contributed by atoms with E-state index in [2.05, 4.69) is 5.32 Å². The molecule has 0 saturated heterocycles. The number of nitriles is 1. The van der Waals surface area contributed by atoms with E-state index in [0.29, 0.717) is 11.1 Å². The Morgan fingerprint density at radius 2 is 1.92 bits per heavy atom. The van der Waals surface area contributed by atoms with Gasteiger partial charge in [-0.1, -0.05) is 24.3 Å². The predicted octanol–water partition coefficient (Wildman–Crippen LogP) is 1.46. The maximum atomic E-state index is 13.1. The quantitative estimate of drug-likeness (QED) is 0.761. The van der Waals surface area contributed by atoms with Crippen molar-refractivity contribution in [2.75, 3.05) is 12.3 Å². The van der Waals surface area contributed by atoms with E-state index in [9.17, 15) is 22.7 Å². The average molecular weight is 376 g/mol. The molecule has 0 bridgehead atoms. The van der Waals surface area contributed by atoms with Gasteiger partial charge >= 0.3 is 0 Å². The molecule has 0 spiro atoms. The van der Waals surface area contributed by atoms with Crippen molar-refractivity contribution in [3.05, 3.63) is 71.0 Å². The van der Waals surface area contributed by atoms with Gasteiger partial charge in [-0.25, -0.2) is 12.8 Å². The molecule has 1 amide bonds. The molecule has 1 atom stereocenters. The molecular formula is C18H17FN2O4S. The SMILES string of the molecule is N#Cc1ccc(CS(=O)(=O)CC(=O)NCC(O)c2cccc(F)c2)cc1. The van der Waals surface area contributed by atoms with Gasteiger partial charge in [0.25, 0.3) is 0 Å². The van der Waals surface area contributed by atoms with Gasteiger partial charge < -0.3 is 10.4 Å². The molecule has 2 rings (SSSR count). The molecule has 0 aliphatic carbocycles. The van der Waals surface area contributed by atoms with Gasteiger partial charge in [0.1, 0.15) is 11.6 Å². The molecule has 0 aliphatic rings. The normalized spacial score (nSPS) is 12.2. The minimum atomic E-state index is -3.71. The summed E-state index contributed by atoms with van der Waals surface area (Å²) in [5, 5.41) is 21.0. The molecule has 0 heterocycles. The van der Waals surface area contributed by atoms with Crippen molar-refractivity contribution in [3.63, 3.8) is 0 Å². The van der Waals surface area contributed by atoms with Crippen molar-refractivity contribution in [3.8, 4) is 6.07 Å². The Kier molecular flexibility index (Phi) is 6.44. The highest BCUT2D eigenvalue weighted by Gasteiger charge is 2.18. The summed E-state index contributed by atoms with van der Waals surface area (Å²) in [4.78, 5) is 11.8. The number of hydrogen-bond acceptors (Lipinski definition) is 5. The predicted molar refractivity (Wildman–Crippen MR) is 93.0 cm³/mol. The molecule has 0 fully saturated rings. The highest BCUT2D eigenvalue weighted by molar-refractivity contribution is 7.91. The van der Waals surface area contributed by atoms with Crippen LogP contribution in [0.3, 0.4) is 0 Å². The molecule has 0 aromatic heterocycles. The zero-order valence-corrected chi connectivity index (χ0v) is 14.5. The number of aliphatic hydroxyl groups excluding tert-OH is 1. The smallest absolute Gasteiger partial charge is 0.235 e. The Hall–Kier alpha value is -2.76. The fourth-order valence-corrected chi connectivity index (χ4v) is 3.58. The van der Waals surface area contributed by atoms with Crippen LogP contribution in [0.5, 0.6) is 0 Å². The topological polar surface area (TPSA) is 107 Å². The van der Waals surface area contributed by atoms with Crippen LogP contribution in [0.4, 0.5) is 4.39 Å². The van der Waals surface area contributed by atoms with Gasteiger partial charge in [0.2, 0.25) is 5.91 Å². The third-order valence-corrected chi connectivity index (χ3v) is 5.02. The number of nitrogens with one attached hydrogen (secondary N) is 1. The fourth-order valence-electron chi connectivity index (χ4n) is 2.27. The van der Waals surface area contributed by atoms with E-state index >= 15 is 0 Å². The van der Waals surface area contributed by atoms with Crippen molar-refractivity contribution >= 4 is 15.7 Å². The molecule has 1 unspecified atom stereocenters. The second kappa shape index (κ2) is 8.56. The van der Waals surface area contributed by atoms with Crippen molar-refractivity contribution in [2.45, 2.75) is 11.9 Å². The summed E-state index contributed by atoms with van der Waals surface area (Å²) in [6.07, 6.45) is -1.14. The monoisotopic (exact) mass is 376 g/mol. The standard InChI is InChI=1S/C18H17FN2O4S/c19-16-3-1-2-15(8-16)17(22)10-21-18(23)12-26(24,25)11-14-6-4-13(9-20)5-7-14/h1-8,17,22H,10-12H2,(H,21,23). The molecule has 0 saturated carbocycles. The number of hydrogen-bond donors (Lipinski definition) is 2. The number of benzene rings is 2. The summed E-state index contributed by atoms with van der Waals surface area (Å²) in [6, 6.07) is 13.3. The highest BCUT2D eigenvalue weighted by atomic mass is 32.2. The summed E-state index contributed by atoms with van der Waals surface area (Å²) >= 11 is 0. The number of carbonyl (C=O) groups is 1. The van der Waals surface area contributed by atoms with E-state index in [1.807, 2.05) is 6.07 Å². The maximum Gasteiger partial charge on any atom is 0.235 e. The van der Waals surface area contributed by atoms with Gasteiger partial charge in [0.05, 0.1) is 23.5 Å². The van der Waals surface area contributed by atoms with Crippen LogP contribution in [0.2, 0.25) is 0 Å². The second-order valence-electron chi connectivity index (χ2n) is 5.72. The molecule has 2 N–H and O–H groups in total. The lowest BCUT2D eigenvalue weighted by Gasteiger charge is -2.12. The summed E-state index contributed by atoms with van der Waals surface area (Å²) < 4.78 is 37.3. The first-order valence-electron chi connectivity index (χ1n) is 7.69. The number of nitrogens with zero attached hydrogens (tertiary/aromatic N) is 1. The van der Waals surface area contributed by atoms with Crippen LogP contribution in [-0.4, -0.2) is 31.7 Å². The fraction of sp³-hybridized carbons (Fsp3) is 0.222. The van der Waals surface area contributed by atoms with Gasteiger partial charge in [-0.15, -0.1) is 0 Å². The molecule has 6 nitrogen and oxygen atoms in total. The van der Waals surface area contributed by atoms with E-state index in [1.165, 1.54) is 42.5 Å². The van der Waals surface area contributed by atoms with Crippen LogP contribution in [0.15, 0.2) is 48.5 Å². The lowest BCUT2D eigenvalue weighted by atomic mass is 10.1. The third kappa shape index (κ3) is 5.95. The van der Waals surface area contributed by atoms with Crippen LogP contribution >= 0.6 is 0 Å². The zero-order chi connectivity index (χ0) is 19.2. The van der Waals surface area contributed by atoms with Crippen LogP contribution in [-0.2, 0) is 20.4 Å². The minimum absolute atomic E-state index is 0.228. The summed E-state index contributed by atoms with van der Waals surface area (Å²) in [5.41, 5.74) is 1.16. The maximum absolute atomic E-state index is 13.1. The summed E-state index contributed by atoms with van der Waals surface area (Å²) in [6.45, 7) is -0.228. The molecule has 0 aliphatic heterocycles. The summed E-state index contributed by atoms with van der Waals surface area (Å²) in [7, 11) is -3.71. The van der Waals surface area contributed by atoms with E-state index in [-0.39, 0.29) is 17.9 Å². The second-order valence-corrected chi connectivity index (χ2v) is 7.78. The molecule has 136 valence electrons. The van der Waals surface area contributed by atoms with Gasteiger partial charge in [-0.2, -0.15) is 5.26 Å². The third-order valence-electron chi connectivity index (χ3n) is 3.55. The number of carbonyl (C=O) groups excluding carboxylic acids is 1. The molecule has 8 heteroatoms. The Morgan fingerprint density at radius 1 is 1.23 bits per heavy atom. The van der Waals surface area contributed by atoms with E-state index in [1.54, 1.807) is 0 Å².